The number of rotatable bonds is 4. The molecule has 5 heteroatoms. The van der Waals surface area contributed by atoms with Gasteiger partial charge in [-0.15, -0.1) is 0 Å². The number of hydrogen-bond donors (Lipinski definition) is 0. The molecule has 0 N–H and O–H groups in total. The fourth-order valence-electron chi connectivity index (χ4n) is 1.69. The van der Waals surface area contributed by atoms with Crippen LogP contribution in [0.15, 0.2) is 11.8 Å². The lowest BCUT2D eigenvalue weighted by atomic mass is 10.0. The van der Waals surface area contributed by atoms with Crippen molar-refractivity contribution in [2.45, 2.75) is 39.2 Å². The zero-order valence-corrected chi connectivity index (χ0v) is 10.8. The Labute approximate surface area is 101 Å². The largest absolute Gasteiger partial charge is 0.466 e. The molecule has 0 bridgehead atoms. The highest BCUT2D eigenvalue weighted by molar-refractivity contribution is 5.85. The molecule has 1 heterocycles. The smallest absolute Gasteiger partial charge is 0.415 e. The molecule has 0 aromatic carbocycles. The van der Waals surface area contributed by atoms with Crippen molar-refractivity contribution in [3.8, 4) is 0 Å². The van der Waals surface area contributed by atoms with E-state index in [1.807, 2.05) is 13.8 Å². The van der Waals surface area contributed by atoms with Crippen LogP contribution in [0.3, 0.4) is 0 Å². The highest BCUT2D eigenvalue weighted by atomic mass is 16.6. The molecule has 1 rings (SSSR count). The molecule has 5 nitrogen and oxygen atoms in total. The number of nitrogens with zero attached hydrogens (tertiary/aromatic N) is 1. The lowest BCUT2D eigenvalue weighted by molar-refractivity contribution is -0.135. The van der Waals surface area contributed by atoms with Crippen LogP contribution >= 0.6 is 0 Å². The molecule has 1 aliphatic rings. The Morgan fingerprint density at radius 3 is 2.71 bits per heavy atom. The first-order valence-electron chi connectivity index (χ1n) is 5.73. The Bertz CT molecular complexity index is 346. The lowest BCUT2D eigenvalue weighted by Gasteiger charge is -2.28. The highest BCUT2D eigenvalue weighted by Gasteiger charge is 2.44. The van der Waals surface area contributed by atoms with Gasteiger partial charge in [0.2, 0.25) is 0 Å². The van der Waals surface area contributed by atoms with Crippen LogP contribution in [0, 0.1) is 0 Å². The van der Waals surface area contributed by atoms with E-state index in [1.165, 1.54) is 13.2 Å². The van der Waals surface area contributed by atoms with Gasteiger partial charge < -0.3 is 9.47 Å². The zero-order chi connectivity index (χ0) is 13.1. The van der Waals surface area contributed by atoms with Gasteiger partial charge >= 0.3 is 12.1 Å². The molecule has 0 saturated carbocycles. The van der Waals surface area contributed by atoms with E-state index in [-0.39, 0.29) is 0 Å². The first-order valence-corrected chi connectivity index (χ1v) is 5.73. The molecule has 1 amide bonds. The normalized spacial score (nSPS) is 20.6. The second-order valence-electron chi connectivity index (χ2n) is 4.46. The fraction of sp³-hybridized carbons (Fsp3) is 0.667. The summed E-state index contributed by atoms with van der Waals surface area (Å²) in [4.78, 5) is 24.5. The van der Waals surface area contributed by atoms with Crippen molar-refractivity contribution in [3.05, 3.63) is 11.8 Å². The molecule has 96 valence electrons. The van der Waals surface area contributed by atoms with Gasteiger partial charge in [0.15, 0.2) is 0 Å². The maximum absolute atomic E-state index is 11.7. The van der Waals surface area contributed by atoms with E-state index in [1.54, 1.807) is 4.90 Å². The summed E-state index contributed by atoms with van der Waals surface area (Å²) >= 11 is 0. The van der Waals surface area contributed by atoms with Crippen LogP contribution < -0.4 is 0 Å². The van der Waals surface area contributed by atoms with Crippen molar-refractivity contribution < 1.29 is 19.1 Å². The summed E-state index contributed by atoms with van der Waals surface area (Å²) in [5.41, 5.74) is -0.597. The number of esters is 1. The van der Waals surface area contributed by atoms with E-state index in [0.717, 1.165) is 12.8 Å². The molecule has 0 aromatic rings. The first-order chi connectivity index (χ1) is 7.93. The molecular formula is C12H19NO4. The first kappa shape index (κ1) is 13.5. The van der Waals surface area contributed by atoms with Crippen LogP contribution in [-0.4, -0.2) is 36.2 Å². The van der Waals surface area contributed by atoms with Crippen LogP contribution in [0.4, 0.5) is 4.79 Å². The summed E-state index contributed by atoms with van der Waals surface area (Å²) < 4.78 is 9.64. The molecule has 0 spiro atoms. The number of amides is 1. The highest BCUT2D eigenvalue weighted by Crippen LogP contribution is 2.33. The van der Waals surface area contributed by atoms with Gasteiger partial charge in [-0.2, -0.15) is 0 Å². The van der Waals surface area contributed by atoms with Gasteiger partial charge in [-0.3, -0.25) is 4.90 Å². The van der Waals surface area contributed by atoms with Crippen molar-refractivity contribution in [2.75, 3.05) is 13.7 Å². The van der Waals surface area contributed by atoms with E-state index < -0.39 is 17.6 Å². The SMILES string of the molecule is CCCCN1C(=O)O/C(=C\C(=O)OC)C1(C)C. The molecule has 1 aliphatic heterocycles. The monoisotopic (exact) mass is 241 g/mol. The van der Waals surface area contributed by atoms with Crippen molar-refractivity contribution in [2.24, 2.45) is 0 Å². The number of unbranched alkanes of at least 4 members (excludes halogenated alkanes) is 1. The Hall–Kier alpha value is -1.52. The van der Waals surface area contributed by atoms with Gasteiger partial charge in [-0.05, 0) is 20.3 Å². The minimum Gasteiger partial charge on any atom is -0.466 e. The third-order valence-corrected chi connectivity index (χ3v) is 2.88. The molecule has 1 fully saturated rings. The van der Waals surface area contributed by atoms with Gasteiger partial charge in [-0.25, -0.2) is 9.59 Å². The molecule has 0 aromatic heterocycles. The Balaban J connectivity index is 2.89. The summed E-state index contributed by atoms with van der Waals surface area (Å²) in [6.07, 6.45) is 2.72. The third kappa shape index (κ3) is 2.78. The second kappa shape index (κ2) is 5.21. The van der Waals surface area contributed by atoms with Crippen LogP contribution in [-0.2, 0) is 14.3 Å². The summed E-state index contributed by atoms with van der Waals surface area (Å²) in [7, 11) is 1.29. The maximum Gasteiger partial charge on any atom is 0.415 e. The van der Waals surface area contributed by atoms with Crippen molar-refractivity contribution >= 4 is 12.1 Å². The van der Waals surface area contributed by atoms with E-state index >= 15 is 0 Å². The zero-order valence-electron chi connectivity index (χ0n) is 10.8. The molecule has 0 radical (unpaired) electrons. The summed E-state index contributed by atoms with van der Waals surface area (Å²) in [5.74, 6) is -0.177. The van der Waals surface area contributed by atoms with Crippen molar-refractivity contribution in [3.63, 3.8) is 0 Å². The number of ether oxygens (including phenoxy) is 2. The summed E-state index contributed by atoms with van der Waals surface area (Å²) in [6.45, 7) is 6.38. The molecule has 0 unspecified atom stereocenters. The minimum absolute atomic E-state index is 0.338. The number of carbonyl (C=O) groups excluding carboxylic acids is 2. The van der Waals surface area contributed by atoms with Crippen LogP contribution in [0.2, 0.25) is 0 Å². The minimum atomic E-state index is -0.597. The van der Waals surface area contributed by atoms with E-state index in [9.17, 15) is 9.59 Å². The van der Waals surface area contributed by atoms with E-state index in [2.05, 4.69) is 11.7 Å². The van der Waals surface area contributed by atoms with E-state index in [0.29, 0.717) is 12.3 Å². The van der Waals surface area contributed by atoms with Crippen molar-refractivity contribution in [1.82, 2.24) is 4.90 Å². The lowest BCUT2D eigenvalue weighted by Crippen LogP contribution is -2.41. The molecule has 0 aliphatic carbocycles. The summed E-state index contributed by atoms with van der Waals surface area (Å²) in [6, 6.07) is 0. The average Bonchev–Trinajstić information content (AvgIpc) is 2.47. The molecule has 17 heavy (non-hydrogen) atoms. The number of hydrogen-bond acceptors (Lipinski definition) is 4. The standard InChI is InChI=1S/C12H19NO4/c1-5-6-7-13-11(15)17-9(12(13,2)3)8-10(14)16-4/h8H,5-7H2,1-4H3/b9-8-. The maximum atomic E-state index is 11.7. The van der Waals surface area contributed by atoms with Gasteiger partial charge in [0, 0.05) is 6.54 Å². The third-order valence-electron chi connectivity index (χ3n) is 2.88. The van der Waals surface area contributed by atoms with Crippen LogP contribution in [0.25, 0.3) is 0 Å². The molecule has 1 saturated heterocycles. The van der Waals surface area contributed by atoms with Gasteiger partial charge in [0.25, 0.3) is 0 Å². The fourth-order valence-corrected chi connectivity index (χ4v) is 1.69. The number of methoxy groups -OCH3 is 1. The van der Waals surface area contributed by atoms with E-state index in [4.69, 9.17) is 4.74 Å². The Kier molecular flexibility index (Phi) is 4.15. The predicted octanol–water partition coefficient (Wildman–Crippen LogP) is 2.07. The van der Waals surface area contributed by atoms with Crippen molar-refractivity contribution in [1.29, 1.82) is 0 Å². The van der Waals surface area contributed by atoms with Gasteiger partial charge in [0.1, 0.15) is 5.76 Å². The number of carbonyl (C=O) groups is 2. The number of cyclic esters (lactones) is 1. The second-order valence-corrected chi connectivity index (χ2v) is 4.46. The summed E-state index contributed by atoms with van der Waals surface area (Å²) in [5, 5.41) is 0. The topological polar surface area (TPSA) is 55.8 Å². The predicted molar refractivity (Wildman–Crippen MR) is 62.3 cm³/mol. The Morgan fingerprint density at radius 1 is 1.53 bits per heavy atom. The average molecular weight is 241 g/mol. The van der Waals surface area contributed by atoms with Crippen LogP contribution in [0.1, 0.15) is 33.6 Å². The quantitative estimate of drug-likeness (QED) is 0.558. The van der Waals surface area contributed by atoms with Gasteiger partial charge in [-0.1, -0.05) is 13.3 Å². The van der Waals surface area contributed by atoms with Crippen LogP contribution in [0.5, 0.6) is 0 Å². The molecular weight excluding hydrogens is 222 g/mol. The Morgan fingerprint density at radius 2 is 2.18 bits per heavy atom. The van der Waals surface area contributed by atoms with Gasteiger partial charge in [0.05, 0.1) is 18.7 Å². The molecule has 0 atom stereocenters.